The second kappa shape index (κ2) is 15.8. The molecule has 0 heterocycles. The molecule has 7 nitrogen and oxygen atoms in total. The first-order chi connectivity index (χ1) is 25.9. The molecular formula is C48H80O7. The Bertz CT molecular complexity index is 1380. The van der Waals surface area contributed by atoms with Crippen LogP contribution in [0.1, 0.15) is 176 Å². The lowest BCUT2D eigenvalue weighted by molar-refractivity contribution is -0.175. The van der Waals surface area contributed by atoms with E-state index in [1.165, 1.54) is 64.2 Å². The van der Waals surface area contributed by atoms with Gasteiger partial charge in [-0.1, -0.05) is 41.5 Å². The molecule has 0 saturated heterocycles. The first kappa shape index (κ1) is 42.0. The fraction of sp³-hybridized carbons (Fsp3) is 0.958. The van der Waals surface area contributed by atoms with Crippen molar-refractivity contribution >= 4 is 11.9 Å². The molecule has 8 saturated carbocycles. The second-order valence-electron chi connectivity index (χ2n) is 22.5. The van der Waals surface area contributed by atoms with Gasteiger partial charge in [0.25, 0.3) is 0 Å². The molecule has 0 aromatic rings. The number of hydrogen-bond donors (Lipinski definition) is 5. The summed E-state index contributed by atoms with van der Waals surface area (Å²) >= 11 is 0. The standard InChI is InChI=1S/C24H40O4.C24H40O3/c1-14(4-9-22(27)28)18-7-8-19-17-6-5-15-12-16(25)10-11-23(15,2)20(17)13-21(26)24(18,19)3;1-15(4-9-22(26)27)19-7-8-20-18-6-5-16-14-17(25)10-12-23(16,2)21(18)11-13-24(19,20)3/h14-21,25-26H,4-13H2,1-3H3,(H,27,28);15-21,25H,4-14H2,1-3H3,(H,26,27)/t14-,15-,16-,17+,18-,19+,20+,21+,23+,24-;15-,16-,17-,18+,19-,20+,21+,23+,24-/m11/s1. The van der Waals surface area contributed by atoms with Crippen LogP contribution in [0.3, 0.4) is 0 Å². The molecule has 0 aromatic heterocycles. The Hall–Kier alpha value is -1.18. The number of carboxylic acid groups (broad SMARTS) is 2. The number of hydrogen-bond acceptors (Lipinski definition) is 5. The first-order valence-electron chi connectivity index (χ1n) is 23.4. The van der Waals surface area contributed by atoms with Crippen LogP contribution in [-0.4, -0.2) is 55.8 Å². The molecule has 55 heavy (non-hydrogen) atoms. The lowest BCUT2D eigenvalue weighted by Gasteiger charge is -2.62. The summed E-state index contributed by atoms with van der Waals surface area (Å²) in [6.07, 6.45) is 21.7. The zero-order chi connectivity index (χ0) is 39.7. The van der Waals surface area contributed by atoms with Gasteiger partial charge in [-0.15, -0.1) is 0 Å². The van der Waals surface area contributed by atoms with Crippen molar-refractivity contribution in [2.75, 3.05) is 0 Å². The number of aliphatic carboxylic acids is 2. The van der Waals surface area contributed by atoms with Gasteiger partial charge in [-0.05, 0) is 215 Å². The highest BCUT2D eigenvalue weighted by Gasteiger charge is 2.64. The molecule has 8 fully saturated rings. The van der Waals surface area contributed by atoms with Crippen LogP contribution in [0.4, 0.5) is 0 Å². The number of rotatable bonds is 8. The number of aliphatic hydroxyl groups is 3. The Morgan fingerprint density at radius 1 is 0.527 bits per heavy atom. The average molecular weight is 769 g/mol. The fourth-order valence-electron chi connectivity index (χ4n) is 17.5. The summed E-state index contributed by atoms with van der Waals surface area (Å²) in [4.78, 5) is 22.1. The van der Waals surface area contributed by atoms with Crippen LogP contribution in [0.2, 0.25) is 0 Å². The van der Waals surface area contributed by atoms with Gasteiger partial charge < -0.3 is 25.5 Å². The maximum Gasteiger partial charge on any atom is 0.303 e. The lowest BCUT2D eigenvalue weighted by atomic mass is 9.43. The van der Waals surface area contributed by atoms with Gasteiger partial charge in [0.05, 0.1) is 18.3 Å². The summed E-state index contributed by atoms with van der Waals surface area (Å²) < 4.78 is 0. The summed E-state index contributed by atoms with van der Waals surface area (Å²) in [6.45, 7) is 14.4. The molecule has 0 amide bonds. The predicted molar refractivity (Wildman–Crippen MR) is 216 cm³/mol. The van der Waals surface area contributed by atoms with Crippen LogP contribution in [0.15, 0.2) is 0 Å². The van der Waals surface area contributed by atoms with E-state index < -0.39 is 11.9 Å². The van der Waals surface area contributed by atoms with Gasteiger partial charge in [0, 0.05) is 12.8 Å². The molecule has 8 aliphatic carbocycles. The van der Waals surface area contributed by atoms with E-state index in [0.29, 0.717) is 64.6 Å². The maximum absolute atomic E-state index is 11.5. The molecule has 0 aromatic carbocycles. The highest BCUT2D eigenvalue weighted by Crippen LogP contribution is 2.70. The molecule has 0 spiro atoms. The van der Waals surface area contributed by atoms with Gasteiger partial charge in [-0.3, -0.25) is 9.59 Å². The summed E-state index contributed by atoms with van der Waals surface area (Å²) in [5.41, 5.74) is 1.10. The number of aliphatic hydroxyl groups excluding tert-OH is 3. The zero-order valence-corrected chi connectivity index (χ0v) is 35.6. The SMILES string of the molecule is C[C@H](CCC(=O)O)[C@H]1CC[C@H]2[C@@H]3CC[C@@H]4C[C@H](O)CC[C@]4(C)[C@H]3CC[C@]12C.C[C@H](CCC(=O)O)[C@H]1CC[C@H]2[C@@H]3CC[C@@H]4C[C@H](O)CC[C@]4(C)[C@H]3C[C@H](O)[C@]12C. The molecule has 0 unspecified atom stereocenters. The third-order valence-corrected chi connectivity index (χ3v) is 20.5. The van der Waals surface area contributed by atoms with Crippen molar-refractivity contribution in [2.24, 2.45) is 92.7 Å². The van der Waals surface area contributed by atoms with E-state index in [-0.39, 0.29) is 35.6 Å². The highest BCUT2D eigenvalue weighted by atomic mass is 16.4. The van der Waals surface area contributed by atoms with E-state index in [9.17, 15) is 24.9 Å². The van der Waals surface area contributed by atoms with Gasteiger partial charge in [-0.2, -0.15) is 0 Å². The molecule has 19 atom stereocenters. The molecule has 7 heteroatoms. The van der Waals surface area contributed by atoms with Crippen LogP contribution < -0.4 is 0 Å². The normalized spacial score (nSPS) is 51.0. The smallest absolute Gasteiger partial charge is 0.303 e. The molecule has 314 valence electrons. The summed E-state index contributed by atoms with van der Waals surface area (Å²) in [5.74, 6) is 6.46. The van der Waals surface area contributed by atoms with E-state index in [0.717, 1.165) is 81.5 Å². The largest absolute Gasteiger partial charge is 0.481 e. The summed E-state index contributed by atoms with van der Waals surface area (Å²) in [6, 6.07) is 0. The second-order valence-corrected chi connectivity index (χ2v) is 22.5. The third kappa shape index (κ3) is 7.29. The van der Waals surface area contributed by atoms with Crippen molar-refractivity contribution in [3.63, 3.8) is 0 Å². The number of carboxylic acids is 2. The Morgan fingerprint density at radius 3 is 1.55 bits per heavy atom. The number of carbonyl (C=O) groups is 2. The van der Waals surface area contributed by atoms with E-state index in [2.05, 4.69) is 41.5 Å². The van der Waals surface area contributed by atoms with Gasteiger partial charge in [0.1, 0.15) is 0 Å². The van der Waals surface area contributed by atoms with Gasteiger partial charge in [0.2, 0.25) is 0 Å². The van der Waals surface area contributed by atoms with Crippen molar-refractivity contribution in [3.05, 3.63) is 0 Å². The molecular weight excluding hydrogens is 689 g/mol. The van der Waals surface area contributed by atoms with E-state index in [4.69, 9.17) is 10.2 Å². The maximum atomic E-state index is 11.5. The van der Waals surface area contributed by atoms with Crippen molar-refractivity contribution in [3.8, 4) is 0 Å². The molecule has 0 radical (unpaired) electrons. The topological polar surface area (TPSA) is 135 Å². The summed E-state index contributed by atoms with van der Waals surface area (Å²) in [7, 11) is 0. The molecule has 5 N–H and O–H groups in total. The van der Waals surface area contributed by atoms with E-state index >= 15 is 0 Å². The van der Waals surface area contributed by atoms with Crippen molar-refractivity contribution in [1.82, 2.24) is 0 Å². The Kier molecular flexibility index (Phi) is 12.0. The minimum absolute atomic E-state index is 0.0561. The van der Waals surface area contributed by atoms with E-state index in [1.807, 2.05) is 0 Å². The molecule has 8 aliphatic rings. The van der Waals surface area contributed by atoms with Crippen LogP contribution in [0.25, 0.3) is 0 Å². The van der Waals surface area contributed by atoms with Crippen LogP contribution in [0, 0.1) is 92.7 Å². The van der Waals surface area contributed by atoms with Gasteiger partial charge in [-0.25, -0.2) is 0 Å². The Morgan fingerprint density at radius 2 is 0.982 bits per heavy atom. The van der Waals surface area contributed by atoms with Crippen LogP contribution in [0.5, 0.6) is 0 Å². The van der Waals surface area contributed by atoms with E-state index in [1.54, 1.807) is 0 Å². The minimum Gasteiger partial charge on any atom is -0.481 e. The van der Waals surface area contributed by atoms with Crippen molar-refractivity contribution in [2.45, 2.75) is 195 Å². The van der Waals surface area contributed by atoms with Gasteiger partial charge in [0.15, 0.2) is 0 Å². The third-order valence-electron chi connectivity index (χ3n) is 20.5. The highest BCUT2D eigenvalue weighted by molar-refractivity contribution is 5.66. The Balaban J connectivity index is 0.000000169. The minimum atomic E-state index is -0.707. The summed E-state index contributed by atoms with van der Waals surface area (Å²) in [5, 5.41) is 50.0. The average Bonchev–Trinajstić information content (AvgIpc) is 3.69. The fourth-order valence-corrected chi connectivity index (χ4v) is 17.5. The molecule has 0 aliphatic heterocycles. The van der Waals surface area contributed by atoms with Crippen molar-refractivity contribution < 1.29 is 35.1 Å². The van der Waals surface area contributed by atoms with Crippen molar-refractivity contribution in [1.29, 1.82) is 0 Å². The van der Waals surface area contributed by atoms with Crippen LogP contribution >= 0.6 is 0 Å². The first-order valence-corrected chi connectivity index (χ1v) is 23.4. The van der Waals surface area contributed by atoms with Gasteiger partial charge >= 0.3 is 11.9 Å². The molecule has 0 bridgehead atoms. The quantitative estimate of drug-likeness (QED) is 0.166. The lowest BCUT2D eigenvalue weighted by Crippen LogP contribution is -2.58. The predicted octanol–water partition coefficient (Wildman–Crippen LogP) is 9.98. The van der Waals surface area contributed by atoms with Crippen LogP contribution in [-0.2, 0) is 9.59 Å². The number of fused-ring (bicyclic) bond motifs is 10. The monoisotopic (exact) mass is 769 g/mol. The zero-order valence-electron chi connectivity index (χ0n) is 35.6. The molecule has 8 rings (SSSR count). The Labute approximate surface area is 333 Å².